The van der Waals surface area contributed by atoms with Crippen LogP contribution in [0.1, 0.15) is 80.2 Å². The number of nitriles is 1. The molecule has 0 saturated carbocycles. The largest absolute Gasteiger partial charge is 0.424 e. The van der Waals surface area contributed by atoms with Gasteiger partial charge in [-0.1, -0.05) is 49.8 Å². The molecule has 9 heteroatoms. The fourth-order valence-electron chi connectivity index (χ4n) is 4.60. The van der Waals surface area contributed by atoms with Gasteiger partial charge in [0.2, 0.25) is 11.8 Å². The molecule has 2 aromatic heterocycles. The highest BCUT2D eigenvalue weighted by atomic mass is 16.4. The number of hydrogen-bond acceptors (Lipinski definition) is 7. The second-order valence-corrected chi connectivity index (χ2v) is 8.69. The van der Waals surface area contributed by atoms with E-state index in [2.05, 4.69) is 68.6 Å². The maximum absolute atomic E-state index is 13.5. The standard InChI is InChI=1S/C26H31N7O2.C2H6/c1-19-30-31-22(35-19)17-29-25(34)24-23(28-2)21(16-27)26(32-14-10-7-11-15-32)33(24)18-20-12-8-5-3-4-6-9-13-20;1-2/h3-6,12H,2,7-11,13-15,17-18H2,1H3,(H,29,34);1-2H3/b5-3?,6-4-,20-12+;. The molecule has 1 saturated heterocycles. The number of hydrogen-bond donors (Lipinski definition) is 1. The summed E-state index contributed by atoms with van der Waals surface area (Å²) in [5, 5.41) is 20.8. The maximum atomic E-state index is 13.5. The van der Waals surface area contributed by atoms with Crippen molar-refractivity contribution in [3.05, 3.63) is 59.0 Å². The van der Waals surface area contributed by atoms with Crippen molar-refractivity contribution in [2.24, 2.45) is 4.99 Å². The van der Waals surface area contributed by atoms with Crippen molar-refractivity contribution in [1.82, 2.24) is 20.1 Å². The number of aromatic nitrogens is 3. The van der Waals surface area contributed by atoms with Crippen LogP contribution >= 0.6 is 0 Å². The molecule has 4 rings (SSSR count). The fourth-order valence-corrected chi connectivity index (χ4v) is 4.60. The molecule has 0 bridgehead atoms. The number of aryl methyl sites for hydroxylation is 1. The number of anilines is 1. The van der Waals surface area contributed by atoms with Crippen LogP contribution in [0.2, 0.25) is 0 Å². The molecular formula is C28H37N7O2. The van der Waals surface area contributed by atoms with Gasteiger partial charge in [0.1, 0.15) is 28.8 Å². The summed E-state index contributed by atoms with van der Waals surface area (Å²) in [5.41, 5.74) is 2.25. The van der Waals surface area contributed by atoms with Gasteiger partial charge in [0.15, 0.2) is 0 Å². The summed E-state index contributed by atoms with van der Waals surface area (Å²) in [7, 11) is 0. The lowest BCUT2D eigenvalue weighted by Crippen LogP contribution is -2.33. The third kappa shape index (κ3) is 6.85. The lowest BCUT2D eigenvalue weighted by atomic mass is 10.1. The minimum atomic E-state index is -0.355. The van der Waals surface area contributed by atoms with E-state index in [1.165, 1.54) is 5.57 Å². The lowest BCUT2D eigenvalue weighted by molar-refractivity contribution is 0.0939. The summed E-state index contributed by atoms with van der Waals surface area (Å²) in [5.74, 6) is 1.14. The summed E-state index contributed by atoms with van der Waals surface area (Å²) in [4.78, 5) is 19.9. The van der Waals surface area contributed by atoms with Crippen LogP contribution in [0.5, 0.6) is 0 Å². The second-order valence-electron chi connectivity index (χ2n) is 8.69. The molecule has 1 amide bonds. The molecule has 196 valence electrons. The molecule has 0 atom stereocenters. The Morgan fingerprint density at radius 2 is 1.97 bits per heavy atom. The summed E-state index contributed by atoms with van der Waals surface area (Å²) in [6.45, 7) is 11.7. The predicted molar refractivity (Wildman–Crippen MR) is 146 cm³/mol. The van der Waals surface area contributed by atoms with Gasteiger partial charge in [-0.3, -0.25) is 9.79 Å². The van der Waals surface area contributed by atoms with E-state index in [1.54, 1.807) is 6.92 Å². The number of carbonyl (C=O) groups is 1. The first-order valence-corrected chi connectivity index (χ1v) is 13.1. The molecule has 0 aromatic carbocycles. The van der Waals surface area contributed by atoms with E-state index in [1.807, 2.05) is 18.4 Å². The summed E-state index contributed by atoms with van der Waals surface area (Å²) >= 11 is 0. The Morgan fingerprint density at radius 3 is 2.65 bits per heavy atom. The highest BCUT2D eigenvalue weighted by molar-refractivity contribution is 6.01. The van der Waals surface area contributed by atoms with Crippen molar-refractivity contribution in [2.45, 2.75) is 72.4 Å². The van der Waals surface area contributed by atoms with Gasteiger partial charge in [-0.05, 0) is 45.2 Å². The van der Waals surface area contributed by atoms with Gasteiger partial charge in [0.25, 0.3) is 5.91 Å². The van der Waals surface area contributed by atoms with Crippen molar-refractivity contribution < 1.29 is 9.21 Å². The predicted octanol–water partition coefficient (Wildman–Crippen LogP) is 5.55. The molecule has 37 heavy (non-hydrogen) atoms. The van der Waals surface area contributed by atoms with Gasteiger partial charge in [-0.2, -0.15) is 5.26 Å². The van der Waals surface area contributed by atoms with E-state index < -0.39 is 0 Å². The van der Waals surface area contributed by atoms with Crippen LogP contribution in [-0.2, 0) is 13.1 Å². The smallest absolute Gasteiger partial charge is 0.270 e. The second kappa shape index (κ2) is 14.0. The Kier molecular flexibility index (Phi) is 10.4. The Bertz CT molecular complexity index is 1200. The number of carbonyl (C=O) groups excluding carboxylic acids is 1. The Hall–Kier alpha value is -3.93. The molecule has 3 heterocycles. The van der Waals surface area contributed by atoms with Crippen molar-refractivity contribution in [2.75, 3.05) is 18.0 Å². The number of piperidine rings is 1. The monoisotopic (exact) mass is 503 g/mol. The van der Waals surface area contributed by atoms with Crippen molar-refractivity contribution >= 4 is 24.1 Å². The van der Waals surface area contributed by atoms with E-state index in [4.69, 9.17) is 4.42 Å². The first-order valence-electron chi connectivity index (χ1n) is 13.1. The van der Waals surface area contributed by atoms with Crippen LogP contribution < -0.4 is 10.2 Å². The molecule has 0 radical (unpaired) electrons. The SMILES string of the molecule is C=Nc1c(C#N)c(N2CCCCC2)n(C/C2=C/CC=C/C=C\CC2)c1C(=O)NCc1nnc(C)o1.CC. The molecule has 9 nitrogen and oxygen atoms in total. The molecule has 1 fully saturated rings. The molecule has 2 aromatic rings. The lowest BCUT2D eigenvalue weighted by Gasteiger charge is -2.30. The average Bonchev–Trinajstić information content (AvgIpc) is 3.52. The van der Waals surface area contributed by atoms with E-state index >= 15 is 0 Å². The number of nitrogens with one attached hydrogen (secondary N) is 1. The van der Waals surface area contributed by atoms with Crippen LogP contribution in [0.25, 0.3) is 0 Å². The van der Waals surface area contributed by atoms with Crippen LogP contribution in [0, 0.1) is 18.3 Å². The quantitative estimate of drug-likeness (QED) is 0.391. The molecule has 2 aliphatic rings. The topological polar surface area (TPSA) is 112 Å². The highest BCUT2D eigenvalue weighted by Gasteiger charge is 2.31. The zero-order valence-electron chi connectivity index (χ0n) is 22.2. The van der Waals surface area contributed by atoms with Crippen LogP contribution in [0.15, 0.2) is 45.4 Å². The maximum Gasteiger partial charge on any atom is 0.270 e. The third-order valence-electron chi connectivity index (χ3n) is 6.24. The van der Waals surface area contributed by atoms with Gasteiger partial charge in [-0.15, -0.1) is 10.2 Å². The Balaban J connectivity index is 0.00000186. The number of aliphatic imine (C=N–C) groups is 1. The van der Waals surface area contributed by atoms with Crippen LogP contribution in [0.4, 0.5) is 11.5 Å². The van der Waals surface area contributed by atoms with Gasteiger partial charge < -0.3 is 19.2 Å². The number of rotatable bonds is 7. The zero-order chi connectivity index (χ0) is 26.6. The zero-order valence-corrected chi connectivity index (χ0v) is 22.2. The molecule has 0 unspecified atom stereocenters. The fraction of sp³-hybridized carbons (Fsp3) is 0.464. The summed E-state index contributed by atoms with van der Waals surface area (Å²) in [6, 6.07) is 2.32. The molecule has 1 N–H and O–H groups in total. The number of nitrogens with zero attached hydrogens (tertiary/aromatic N) is 6. The Labute approximate surface area is 219 Å². The van der Waals surface area contributed by atoms with Gasteiger partial charge >= 0.3 is 0 Å². The first-order chi connectivity index (χ1) is 18.1. The number of allylic oxidation sites excluding steroid dienone is 6. The van der Waals surface area contributed by atoms with Crippen molar-refractivity contribution in [3.63, 3.8) is 0 Å². The van der Waals surface area contributed by atoms with Crippen molar-refractivity contribution in [3.8, 4) is 6.07 Å². The van der Waals surface area contributed by atoms with Gasteiger partial charge in [-0.25, -0.2) is 0 Å². The Morgan fingerprint density at radius 1 is 1.22 bits per heavy atom. The average molecular weight is 504 g/mol. The van der Waals surface area contributed by atoms with E-state index in [0.717, 1.165) is 57.4 Å². The summed E-state index contributed by atoms with van der Waals surface area (Å²) < 4.78 is 7.36. The molecule has 1 aliphatic carbocycles. The molecule has 1 aliphatic heterocycles. The van der Waals surface area contributed by atoms with E-state index in [0.29, 0.717) is 35.3 Å². The normalized spacial score (nSPS) is 17.7. The number of amides is 1. The van der Waals surface area contributed by atoms with E-state index in [9.17, 15) is 10.1 Å². The van der Waals surface area contributed by atoms with Crippen molar-refractivity contribution in [1.29, 1.82) is 5.26 Å². The van der Waals surface area contributed by atoms with Gasteiger partial charge in [0, 0.05) is 26.6 Å². The molecule has 0 spiro atoms. The minimum absolute atomic E-state index is 0.0840. The van der Waals surface area contributed by atoms with E-state index in [-0.39, 0.29) is 12.5 Å². The van der Waals surface area contributed by atoms with Crippen LogP contribution in [0.3, 0.4) is 0 Å². The first kappa shape index (κ1) is 27.7. The van der Waals surface area contributed by atoms with Gasteiger partial charge in [0.05, 0.1) is 6.54 Å². The summed E-state index contributed by atoms with van der Waals surface area (Å²) in [6.07, 6.45) is 16.4. The highest BCUT2D eigenvalue weighted by Crippen LogP contribution is 2.38. The third-order valence-corrected chi connectivity index (χ3v) is 6.24. The van der Waals surface area contributed by atoms with Crippen LogP contribution in [-0.4, -0.2) is 40.5 Å². The minimum Gasteiger partial charge on any atom is -0.424 e. The molecular weight excluding hydrogens is 466 g/mol.